The predicted octanol–water partition coefficient (Wildman–Crippen LogP) is 6.76. The number of terminal acetylenes is 1. The number of imidazole rings is 1. The first kappa shape index (κ1) is 25.0. The summed E-state index contributed by atoms with van der Waals surface area (Å²) in [6, 6.07) is 13.2. The lowest BCUT2D eigenvalue weighted by atomic mass is 10.0. The number of aryl methyl sites for hydroxylation is 1. The number of pyridine rings is 2. The van der Waals surface area contributed by atoms with Gasteiger partial charge in [0, 0.05) is 64.7 Å². The molecule has 0 atom stereocenters. The fraction of sp³-hybridized carbons (Fsp3) is 0.207. The number of benzene rings is 1. The van der Waals surface area contributed by atoms with Crippen LogP contribution in [0.15, 0.2) is 61.2 Å². The van der Waals surface area contributed by atoms with Crippen LogP contribution in [-0.4, -0.2) is 33.0 Å². The zero-order chi connectivity index (χ0) is 25.7. The summed E-state index contributed by atoms with van der Waals surface area (Å²) in [5, 5.41) is 6.76. The highest BCUT2D eigenvalue weighted by Gasteiger charge is 2.14. The smallest absolute Gasteiger partial charge is 0.111 e. The molecule has 0 radical (unpaired) electrons. The largest absolute Gasteiger partial charge is 0.388 e. The zero-order valence-electron chi connectivity index (χ0n) is 21.0. The molecule has 36 heavy (non-hydrogen) atoms. The molecule has 0 spiro atoms. The maximum atomic E-state index is 4.98. The van der Waals surface area contributed by atoms with Crippen LogP contribution in [-0.2, 0) is 6.42 Å². The van der Waals surface area contributed by atoms with Gasteiger partial charge in [0.1, 0.15) is 11.3 Å². The molecule has 0 saturated heterocycles. The van der Waals surface area contributed by atoms with Gasteiger partial charge in [0.2, 0.25) is 0 Å². The zero-order valence-corrected chi connectivity index (χ0v) is 21.8. The minimum absolute atomic E-state index is 0.352. The number of fused-ring (bicyclic) bond motifs is 1. The second kappa shape index (κ2) is 11.1. The van der Waals surface area contributed by atoms with Crippen LogP contribution in [0.1, 0.15) is 30.1 Å². The van der Waals surface area contributed by atoms with Crippen LogP contribution < -0.4 is 10.6 Å². The van der Waals surface area contributed by atoms with Gasteiger partial charge in [0.25, 0.3) is 0 Å². The molecule has 1 aromatic carbocycles. The van der Waals surface area contributed by atoms with Gasteiger partial charge in [-0.1, -0.05) is 6.07 Å². The Labute approximate surface area is 216 Å². The van der Waals surface area contributed by atoms with Crippen LogP contribution in [0.4, 0.5) is 11.4 Å². The van der Waals surface area contributed by atoms with Crippen molar-refractivity contribution >= 4 is 33.7 Å². The summed E-state index contributed by atoms with van der Waals surface area (Å²) in [5.74, 6) is 0.916. The topological polar surface area (TPSA) is 78.5 Å². The highest BCUT2D eigenvalue weighted by Crippen LogP contribution is 2.33. The number of nitrogens with zero attached hydrogens (tertiary/aromatic N) is 3. The lowest BCUT2D eigenvalue weighted by Gasteiger charge is -2.13. The lowest BCUT2D eigenvalue weighted by molar-refractivity contribution is 0.898. The number of aromatic amines is 1. The molecular formula is C29H30N6S. The monoisotopic (exact) mass is 494 g/mol. The molecule has 4 heterocycles. The van der Waals surface area contributed by atoms with Gasteiger partial charge in [-0.15, -0.1) is 24.2 Å². The van der Waals surface area contributed by atoms with E-state index in [1.165, 1.54) is 15.3 Å². The molecule has 6 nitrogen and oxygen atoms in total. The Bertz CT molecular complexity index is 1490. The maximum absolute atomic E-state index is 4.98. The van der Waals surface area contributed by atoms with Gasteiger partial charge < -0.3 is 15.6 Å². The average molecular weight is 495 g/mol. The van der Waals surface area contributed by atoms with Gasteiger partial charge >= 0.3 is 0 Å². The van der Waals surface area contributed by atoms with Gasteiger partial charge in [-0.2, -0.15) is 0 Å². The van der Waals surface area contributed by atoms with Crippen LogP contribution in [0.2, 0.25) is 0 Å². The Hall–Kier alpha value is -4.15. The fourth-order valence-corrected chi connectivity index (χ4v) is 5.06. The highest BCUT2D eigenvalue weighted by molar-refractivity contribution is 7.15. The molecule has 0 unspecified atom stereocenters. The second-order valence-corrected chi connectivity index (χ2v) is 10.0. The van der Waals surface area contributed by atoms with Crippen molar-refractivity contribution in [2.45, 2.75) is 33.2 Å². The van der Waals surface area contributed by atoms with E-state index in [1.807, 2.05) is 31.8 Å². The second-order valence-electron chi connectivity index (χ2n) is 8.74. The number of anilines is 2. The standard InChI is InChI=1S/C27H28N6S.C2H2/c1-16(2)31-21-10-20(12-29-13-21)18-6-7-23(28-4)19(9-18)11-26-32-24-15-30-14-22(27(24)33-26)25-8-5-17(3)34-25;1-2/h5-10,12-16,28,31H,11H2,1-4H3,(H,32,33);1-2H. The van der Waals surface area contributed by atoms with Crippen LogP contribution in [0.5, 0.6) is 0 Å². The summed E-state index contributed by atoms with van der Waals surface area (Å²) in [4.78, 5) is 19.8. The van der Waals surface area contributed by atoms with Crippen molar-refractivity contribution in [1.82, 2.24) is 19.9 Å². The molecule has 0 amide bonds. The molecule has 5 rings (SSSR count). The number of H-pyrrole nitrogens is 1. The molecule has 5 aromatic rings. The SMILES string of the molecule is C#C.CNc1ccc(-c2cncc(NC(C)C)c2)cc1Cc1nc2c(-c3ccc(C)s3)cncc2[nH]1. The van der Waals surface area contributed by atoms with Gasteiger partial charge in [-0.05, 0) is 62.2 Å². The van der Waals surface area contributed by atoms with Crippen molar-refractivity contribution in [1.29, 1.82) is 0 Å². The number of hydrogen-bond donors (Lipinski definition) is 3. The van der Waals surface area contributed by atoms with Crippen molar-refractivity contribution in [2.75, 3.05) is 17.7 Å². The van der Waals surface area contributed by atoms with Gasteiger partial charge in [-0.3, -0.25) is 9.97 Å². The Kier molecular flexibility index (Phi) is 7.67. The van der Waals surface area contributed by atoms with Crippen LogP contribution in [0, 0.1) is 19.8 Å². The summed E-state index contributed by atoms with van der Waals surface area (Å²) < 4.78 is 0. The van der Waals surface area contributed by atoms with Crippen molar-refractivity contribution in [3.05, 3.63) is 77.5 Å². The van der Waals surface area contributed by atoms with E-state index < -0.39 is 0 Å². The normalized spacial score (nSPS) is 10.8. The quantitative estimate of drug-likeness (QED) is 0.218. The van der Waals surface area contributed by atoms with E-state index in [9.17, 15) is 0 Å². The van der Waals surface area contributed by atoms with E-state index in [4.69, 9.17) is 4.98 Å². The molecule has 7 heteroatoms. The van der Waals surface area contributed by atoms with Crippen molar-refractivity contribution in [3.8, 4) is 34.4 Å². The van der Waals surface area contributed by atoms with E-state index in [-0.39, 0.29) is 0 Å². The molecule has 0 saturated carbocycles. The Morgan fingerprint density at radius 2 is 1.78 bits per heavy atom. The van der Waals surface area contributed by atoms with Crippen LogP contribution >= 0.6 is 11.3 Å². The summed E-state index contributed by atoms with van der Waals surface area (Å²) >= 11 is 1.76. The third-order valence-corrected chi connectivity index (χ3v) is 6.74. The third-order valence-electron chi connectivity index (χ3n) is 5.71. The maximum Gasteiger partial charge on any atom is 0.111 e. The number of rotatable bonds is 7. The third kappa shape index (κ3) is 5.40. The van der Waals surface area contributed by atoms with E-state index in [1.54, 1.807) is 11.3 Å². The predicted molar refractivity (Wildman–Crippen MR) is 153 cm³/mol. The summed E-state index contributed by atoms with van der Waals surface area (Å²) in [6.07, 6.45) is 16.2. The van der Waals surface area contributed by atoms with Gasteiger partial charge in [-0.25, -0.2) is 4.98 Å². The van der Waals surface area contributed by atoms with E-state index >= 15 is 0 Å². The Morgan fingerprint density at radius 1 is 0.972 bits per heavy atom. The van der Waals surface area contributed by atoms with Gasteiger partial charge in [0.15, 0.2) is 0 Å². The number of thiophene rings is 1. The lowest BCUT2D eigenvalue weighted by Crippen LogP contribution is -2.09. The van der Waals surface area contributed by atoms with Crippen molar-refractivity contribution in [3.63, 3.8) is 0 Å². The molecule has 4 aromatic heterocycles. The molecule has 0 aliphatic rings. The number of nitrogens with one attached hydrogen (secondary N) is 3. The number of aromatic nitrogens is 4. The Morgan fingerprint density at radius 3 is 2.50 bits per heavy atom. The first-order valence-corrected chi connectivity index (χ1v) is 12.6. The minimum atomic E-state index is 0.352. The first-order chi connectivity index (χ1) is 17.5. The van der Waals surface area contributed by atoms with Gasteiger partial charge in [0.05, 0.1) is 17.4 Å². The summed E-state index contributed by atoms with van der Waals surface area (Å²) in [7, 11) is 1.95. The molecule has 182 valence electrons. The van der Waals surface area contributed by atoms with Crippen molar-refractivity contribution in [2.24, 2.45) is 0 Å². The van der Waals surface area contributed by atoms with E-state index in [0.29, 0.717) is 12.5 Å². The van der Waals surface area contributed by atoms with Crippen molar-refractivity contribution < 1.29 is 0 Å². The minimum Gasteiger partial charge on any atom is -0.388 e. The fourth-order valence-electron chi connectivity index (χ4n) is 4.18. The summed E-state index contributed by atoms with van der Waals surface area (Å²) in [6.45, 7) is 6.37. The highest BCUT2D eigenvalue weighted by atomic mass is 32.1. The average Bonchev–Trinajstić information content (AvgIpc) is 3.50. The number of hydrogen-bond acceptors (Lipinski definition) is 6. The first-order valence-electron chi connectivity index (χ1n) is 11.8. The molecule has 0 bridgehead atoms. The molecule has 0 aliphatic heterocycles. The molecule has 0 aliphatic carbocycles. The van der Waals surface area contributed by atoms with E-state index in [2.05, 4.69) is 95.6 Å². The summed E-state index contributed by atoms with van der Waals surface area (Å²) in [5.41, 5.74) is 8.47. The molecular weight excluding hydrogens is 464 g/mol. The van der Waals surface area contributed by atoms with E-state index in [0.717, 1.165) is 44.9 Å². The van der Waals surface area contributed by atoms with Crippen LogP contribution in [0.25, 0.3) is 32.6 Å². The van der Waals surface area contributed by atoms with Crippen LogP contribution in [0.3, 0.4) is 0 Å². The Balaban J connectivity index is 0.00000148. The molecule has 0 fully saturated rings. The molecule has 3 N–H and O–H groups in total.